The molecule has 1 aromatic heterocycles. The molecule has 2 aliphatic heterocycles. The van der Waals surface area contributed by atoms with E-state index in [1.54, 1.807) is 11.3 Å². The van der Waals surface area contributed by atoms with Crippen molar-refractivity contribution in [3.63, 3.8) is 0 Å². The third-order valence-corrected chi connectivity index (χ3v) is 5.32. The van der Waals surface area contributed by atoms with Crippen LogP contribution >= 0.6 is 27.3 Å². The molecule has 0 bridgehead atoms. The highest BCUT2D eigenvalue weighted by Crippen LogP contribution is 2.28. The van der Waals surface area contributed by atoms with Crippen molar-refractivity contribution in [2.75, 3.05) is 26.2 Å². The van der Waals surface area contributed by atoms with Gasteiger partial charge in [0.15, 0.2) is 0 Å². The predicted octanol–water partition coefficient (Wildman–Crippen LogP) is 1.73. The zero-order valence-electron chi connectivity index (χ0n) is 9.49. The molecule has 3 heterocycles. The lowest BCUT2D eigenvalue weighted by molar-refractivity contribution is -0.129. The summed E-state index contributed by atoms with van der Waals surface area (Å²) in [6.07, 6.45) is 0.559. The molecule has 0 aromatic carbocycles. The van der Waals surface area contributed by atoms with Crippen LogP contribution in [0.3, 0.4) is 0 Å². The predicted molar refractivity (Wildman–Crippen MR) is 72.2 cm³/mol. The third kappa shape index (κ3) is 2.41. The van der Waals surface area contributed by atoms with Crippen molar-refractivity contribution >= 4 is 33.2 Å². The van der Waals surface area contributed by atoms with Gasteiger partial charge < -0.3 is 10.2 Å². The van der Waals surface area contributed by atoms with E-state index >= 15 is 0 Å². The maximum absolute atomic E-state index is 12.2. The van der Waals surface area contributed by atoms with E-state index < -0.39 is 0 Å². The van der Waals surface area contributed by atoms with Crippen LogP contribution in [0.25, 0.3) is 0 Å². The van der Waals surface area contributed by atoms with Crippen molar-refractivity contribution in [1.29, 1.82) is 0 Å². The minimum Gasteiger partial charge on any atom is -0.342 e. The van der Waals surface area contributed by atoms with Crippen LogP contribution in [0.4, 0.5) is 0 Å². The van der Waals surface area contributed by atoms with Crippen LogP contribution in [0, 0.1) is 11.8 Å². The molecule has 2 fully saturated rings. The van der Waals surface area contributed by atoms with Crippen LogP contribution in [0.5, 0.6) is 0 Å². The van der Waals surface area contributed by atoms with Gasteiger partial charge in [-0.2, -0.15) is 0 Å². The Kier molecular flexibility index (Phi) is 3.23. The van der Waals surface area contributed by atoms with E-state index in [-0.39, 0.29) is 5.91 Å². The zero-order chi connectivity index (χ0) is 11.8. The number of carbonyl (C=O) groups is 1. The Balaban J connectivity index is 1.60. The van der Waals surface area contributed by atoms with Crippen molar-refractivity contribution in [3.8, 4) is 0 Å². The zero-order valence-corrected chi connectivity index (χ0v) is 11.9. The number of nitrogens with zero attached hydrogens (tertiary/aromatic N) is 1. The molecule has 0 saturated carbocycles. The summed E-state index contributed by atoms with van der Waals surface area (Å²) in [5, 5.41) is 3.39. The Labute approximate surface area is 113 Å². The second kappa shape index (κ2) is 4.71. The van der Waals surface area contributed by atoms with Gasteiger partial charge in [0.05, 0.1) is 10.2 Å². The SMILES string of the molecule is O=C(Cc1ccc(Br)s1)N1C[C@H]2CNC[C@H]2C1. The lowest BCUT2D eigenvalue weighted by Gasteiger charge is -2.16. The molecule has 0 aliphatic carbocycles. The molecule has 2 aliphatic rings. The molecule has 1 N–H and O–H groups in total. The van der Waals surface area contributed by atoms with Crippen molar-refractivity contribution in [3.05, 3.63) is 20.8 Å². The Bertz CT molecular complexity index is 422. The van der Waals surface area contributed by atoms with Gasteiger partial charge in [0.2, 0.25) is 5.91 Å². The van der Waals surface area contributed by atoms with Gasteiger partial charge in [-0.25, -0.2) is 0 Å². The fraction of sp³-hybridized carbons (Fsp3) is 0.583. The number of rotatable bonds is 2. The van der Waals surface area contributed by atoms with Gasteiger partial charge in [-0.15, -0.1) is 11.3 Å². The van der Waals surface area contributed by atoms with Crippen LogP contribution in [0.1, 0.15) is 4.88 Å². The molecule has 1 aromatic rings. The topological polar surface area (TPSA) is 32.3 Å². The van der Waals surface area contributed by atoms with Crippen molar-refractivity contribution < 1.29 is 4.79 Å². The van der Waals surface area contributed by atoms with Crippen molar-refractivity contribution in [2.45, 2.75) is 6.42 Å². The first-order chi connectivity index (χ1) is 8.22. The minimum atomic E-state index is 0.286. The first-order valence-electron chi connectivity index (χ1n) is 5.95. The van der Waals surface area contributed by atoms with E-state index in [9.17, 15) is 4.79 Å². The second-order valence-corrected chi connectivity index (χ2v) is 7.41. The van der Waals surface area contributed by atoms with Crippen LogP contribution in [0.2, 0.25) is 0 Å². The number of hydrogen-bond donors (Lipinski definition) is 1. The number of likely N-dealkylation sites (tertiary alicyclic amines) is 1. The summed E-state index contributed by atoms with van der Waals surface area (Å²) in [5.41, 5.74) is 0. The lowest BCUT2D eigenvalue weighted by Crippen LogP contribution is -2.32. The number of hydrogen-bond acceptors (Lipinski definition) is 3. The highest BCUT2D eigenvalue weighted by atomic mass is 79.9. The summed E-state index contributed by atoms with van der Waals surface area (Å²) < 4.78 is 1.10. The molecule has 5 heteroatoms. The van der Waals surface area contributed by atoms with E-state index in [2.05, 4.69) is 21.2 Å². The summed E-state index contributed by atoms with van der Waals surface area (Å²) in [4.78, 5) is 15.3. The van der Waals surface area contributed by atoms with Gasteiger partial charge in [0, 0.05) is 31.1 Å². The average Bonchev–Trinajstić information content (AvgIpc) is 2.92. The first-order valence-corrected chi connectivity index (χ1v) is 7.56. The van der Waals surface area contributed by atoms with E-state index in [1.165, 1.54) is 0 Å². The maximum Gasteiger partial charge on any atom is 0.227 e. The van der Waals surface area contributed by atoms with Gasteiger partial charge in [0.1, 0.15) is 0 Å². The molecule has 17 heavy (non-hydrogen) atoms. The second-order valence-electron chi connectivity index (χ2n) is 4.86. The quantitative estimate of drug-likeness (QED) is 0.901. The normalized spacial score (nSPS) is 27.5. The first kappa shape index (κ1) is 11.7. The maximum atomic E-state index is 12.2. The van der Waals surface area contributed by atoms with Gasteiger partial charge >= 0.3 is 0 Å². The van der Waals surface area contributed by atoms with Crippen LogP contribution < -0.4 is 5.32 Å². The number of halogens is 1. The van der Waals surface area contributed by atoms with Crippen LogP contribution in [-0.2, 0) is 11.2 Å². The molecule has 0 spiro atoms. The van der Waals surface area contributed by atoms with E-state index in [0.717, 1.165) is 34.8 Å². The van der Waals surface area contributed by atoms with Crippen LogP contribution in [-0.4, -0.2) is 37.0 Å². The Morgan fingerprint density at radius 2 is 2.12 bits per heavy atom. The molecule has 0 unspecified atom stereocenters. The third-order valence-electron chi connectivity index (χ3n) is 3.70. The Hall–Kier alpha value is -0.390. The summed E-state index contributed by atoms with van der Waals surface area (Å²) in [6.45, 7) is 4.06. The van der Waals surface area contributed by atoms with Gasteiger partial charge in [-0.05, 0) is 39.9 Å². The van der Waals surface area contributed by atoms with Gasteiger partial charge in [-0.1, -0.05) is 0 Å². The Morgan fingerprint density at radius 3 is 2.71 bits per heavy atom. The monoisotopic (exact) mass is 314 g/mol. The Morgan fingerprint density at radius 1 is 1.41 bits per heavy atom. The van der Waals surface area contributed by atoms with Gasteiger partial charge in [0.25, 0.3) is 0 Å². The average molecular weight is 315 g/mol. The lowest BCUT2D eigenvalue weighted by atomic mass is 10.0. The fourth-order valence-electron chi connectivity index (χ4n) is 2.77. The van der Waals surface area contributed by atoms with Crippen molar-refractivity contribution in [1.82, 2.24) is 10.2 Å². The fourth-order valence-corrected chi connectivity index (χ4v) is 4.24. The minimum absolute atomic E-state index is 0.286. The van der Waals surface area contributed by atoms with E-state index in [4.69, 9.17) is 0 Å². The summed E-state index contributed by atoms with van der Waals surface area (Å²) >= 11 is 5.08. The molecular weight excluding hydrogens is 300 g/mol. The molecule has 92 valence electrons. The molecular formula is C12H15BrN2OS. The highest BCUT2D eigenvalue weighted by Gasteiger charge is 2.37. The smallest absolute Gasteiger partial charge is 0.227 e. The van der Waals surface area contributed by atoms with Gasteiger partial charge in [-0.3, -0.25) is 4.79 Å². The largest absolute Gasteiger partial charge is 0.342 e. The number of fused-ring (bicyclic) bond motifs is 1. The summed E-state index contributed by atoms with van der Waals surface area (Å²) in [7, 11) is 0. The summed E-state index contributed by atoms with van der Waals surface area (Å²) in [5.74, 6) is 1.66. The standard InChI is InChI=1S/C12H15BrN2OS/c13-11-2-1-10(17-11)3-12(16)15-6-8-4-14-5-9(8)7-15/h1-2,8-9,14H,3-7H2/t8-,9+. The highest BCUT2D eigenvalue weighted by molar-refractivity contribution is 9.11. The summed E-state index contributed by atoms with van der Waals surface area (Å²) in [6, 6.07) is 4.04. The van der Waals surface area contributed by atoms with E-state index in [0.29, 0.717) is 18.3 Å². The van der Waals surface area contributed by atoms with Crippen molar-refractivity contribution in [2.24, 2.45) is 11.8 Å². The van der Waals surface area contributed by atoms with E-state index in [1.807, 2.05) is 17.0 Å². The molecule has 2 saturated heterocycles. The number of nitrogens with one attached hydrogen (secondary N) is 1. The molecule has 1 amide bonds. The molecule has 3 nitrogen and oxygen atoms in total. The van der Waals surface area contributed by atoms with Crippen LogP contribution in [0.15, 0.2) is 15.9 Å². The number of thiophene rings is 1. The number of amides is 1. The molecule has 2 atom stereocenters. The molecule has 3 rings (SSSR count). The number of carbonyl (C=O) groups excluding carboxylic acids is 1. The molecule has 0 radical (unpaired) electrons.